The highest BCUT2D eigenvalue weighted by atomic mass is 35.5. The van der Waals surface area contributed by atoms with Crippen molar-refractivity contribution in [2.75, 3.05) is 0 Å². The number of nitrogens with one attached hydrogen (secondary N) is 1. The highest BCUT2D eigenvalue weighted by Crippen LogP contribution is 2.19. The summed E-state index contributed by atoms with van der Waals surface area (Å²) in [6, 6.07) is 6.40. The van der Waals surface area contributed by atoms with Crippen molar-refractivity contribution in [1.82, 2.24) is 15.5 Å². The molecule has 2 aromatic rings. The lowest BCUT2D eigenvalue weighted by atomic mass is 10.2. The number of aliphatic carboxylic acids is 1. The monoisotopic (exact) mass is 281 g/mol. The van der Waals surface area contributed by atoms with Crippen LogP contribution in [0.4, 0.5) is 0 Å². The number of nitrogens with zero attached hydrogens (tertiary/aromatic N) is 2. The third kappa shape index (κ3) is 3.52. The molecule has 19 heavy (non-hydrogen) atoms. The first-order chi connectivity index (χ1) is 9.06. The van der Waals surface area contributed by atoms with E-state index in [-0.39, 0.29) is 6.54 Å². The van der Waals surface area contributed by atoms with E-state index < -0.39 is 12.0 Å². The Bertz CT molecular complexity index is 585. The molecular formula is C12H12ClN3O3. The molecule has 1 aromatic carbocycles. The lowest BCUT2D eigenvalue weighted by molar-refractivity contribution is -0.139. The van der Waals surface area contributed by atoms with Crippen molar-refractivity contribution in [3.8, 4) is 11.4 Å². The third-order valence-corrected chi connectivity index (χ3v) is 2.72. The van der Waals surface area contributed by atoms with E-state index in [1.165, 1.54) is 6.92 Å². The second kappa shape index (κ2) is 5.81. The molecule has 0 spiro atoms. The predicted molar refractivity (Wildman–Crippen MR) is 68.7 cm³/mol. The van der Waals surface area contributed by atoms with Crippen LogP contribution in [0.25, 0.3) is 11.4 Å². The van der Waals surface area contributed by atoms with Crippen LogP contribution in [0.15, 0.2) is 28.8 Å². The molecular weight excluding hydrogens is 270 g/mol. The zero-order chi connectivity index (χ0) is 13.8. The Morgan fingerprint density at radius 3 is 3.05 bits per heavy atom. The van der Waals surface area contributed by atoms with Gasteiger partial charge < -0.3 is 9.63 Å². The van der Waals surface area contributed by atoms with E-state index in [1.807, 2.05) is 6.07 Å². The van der Waals surface area contributed by atoms with E-state index >= 15 is 0 Å². The molecule has 0 bridgehead atoms. The fraction of sp³-hybridized carbons (Fsp3) is 0.250. The Hall–Kier alpha value is -1.92. The van der Waals surface area contributed by atoms with Crippen molar-refractivity contribution in [3.63, 3.8) is 0 Å². The molecule has 1 atom stereocenters. The lowest BCUT2D eigenvalue weighted by Crippen LogP contribution is -2.33. The Morgan fingerprint density at radius 1 is 1.58 bits per heavy atom. The number of carboxylic acids is 1. The molecule has 0 aliphatic heterocycles. The quantitative estimate of drug-likeness (QED) is 0.871. The summed E-state index contributed by atoms with van der Waals surface area (Å²) in [4.78, 5) is 14.8. The van der Waals surface area contributed by atoms with Crippen LogP contribution in [-0.4, -0.2) is 27.3 Å². The van der Waals surface area contributed by atoms with Gasteiger partial charge in [-0.25, -0.2) is 0 Å². The van der Waals surface area contributed by atoms with Gasteiger partial charge in [0.1, 0.15) is 6.04 Å². The molecule has 2 rings (SSSR count). The van der Waals surface area contributed by atoms with Gasteiger partial charge in [-0.2, -0.15) is 4.98 Å². The van der Waals surface area contributed by atoms with Gasteiger partial charge in [-0.05, 0) is 19.1 Å². The first-order valence-corrected chi connectivity index (χ1v) is 5.99. The van der Waals surface area contributed by atoms with Crippen LogP contribution in [0.3, 0.4) is 0 Å². The summed E-state index contributed by atoms with van der Waals surface area (Å²) in [7, 11) is 0. The van der Waals surface area contributed by atoms with E-state index in [2.05, 4.69) is 15.5 Å². The summed E-state index contributed by atoms with van der Waals surface area (Å²) in [5.74, 6) is -0.195. The second-order valence-electron chi connectivity index (χ2n) is 3.96. The molecule has 0 aliphatic carbocycles. The highest BCUT2D eigenvalue weighted by molar-refractivity contribution is 6.30. The largest absolute Gasteiger partial charge is 0.480 e. The molecule has 7 heteroatoms. The van der Waals surface area contributed by atoms with Crippen LogP contribution < -0.4 is 5.32 Å². The van der Waals surface area contributed by atoms with Crippen LogP contribution in [0, 0.1) is 0 Å². The molecule has 0 saturated heterocycles. The lowest BCUT2D eigenvalue weighted by Gasteiger charge is -2.05. The van der Waals surface area contributed by atoms with Crippen LogP contribution in [0.2, 0.25) is 5.02 Å². The maximum atomic E-state index is 10.6. The van der Waals surface area contributed by atoms with E-state index in [0.29, 0.717) is 16.7 Å². The van der Waals surface area contributed by atoms with Crippen molar-refractivity contribution < 1.29 is 14.4 Å². The molecule has 100 valence electrons. The highest BCUT2D eigenvalue weighted by Gasteiger charge is 2.13. The zero-order valence-corrected chi connectivity index (χ0v) is 10.9. The fourth-order valence-electron chi connectivity index (χ4n) is 1.40. The third-order valence-electron chi connectivity index (χ3n) is 2.48. The van der Waals surface area contributed by atoms with Gasteiger partial charge in [0.15, 0.2) is 0 Å². The Kier molecular flexibility index (Phi) is 4.13. The van der Waals surface area contributed by atoms with Crippen LogP contribution in [0.5, 0.6) is 0 Å². The molecule has 0 aliphatic rings. The fourth-order valence-corrected chi connectivity index (χ4v) is 1.59. The maximum Gasteiger partial charge on any atom is 0.320 e. The van der Waals surface area contributed by atoms with Gasteiger partial charge in [0.05, 0.1) is 6.54 Å². The van der Waals surface area contributed by atoms with Crippen LogP contribution >= 0.6 is 11.6 Å². The summed E-state index contributed by atoms with van der Waals surface area (Å²) < 4.78 is 5.03. The number of benzene rings is 1. The first-order valence-electron chi connectivity index (χ1n) is 5.61. The average molecular weight is 282 g/mol. The molecule has 1 aromatic heterocycles. The van der Waals surface area contributed by atoms with Gasteiger partial charge in [-0.3, -0.25) is 10.1 Å². The van der Waals surface area contributed by atoms with E-state index in [4.69, 9.17) is 21.2 Å². The summed E-state index contributed by atoms with van der Waals surface area (Å²) in [5.41, 5.74) is 0.744. The zero-order valence-electron chi connectivity index (χ0n) is 10.1. The molecule has 0 amide bonds. The minimum absolute atomic E-state index is 0.195. The van der Waals surface area contributed by atoms with Crippen LogP contribution in [-0.2, 0) is 11.3 Å². The van der Waals surface area contributed by atoms with Gasteiger partial charge in [0.2, 0.25) is 11.7 Å². The topological polar surface area (TPSA) is 88.3 Å². The minimum Gasteiger partial charge on any atom is -0.480 e. The Morgan fingerprint density at radius 2 is 2.37 bits per heavy atom. The summed E-state index contributed by atoms with van der Waals surface area (Å²) >= 11 is 5.88. The van der Waals surface area contributed by atoms with Crippen molar-refractivity contribution in [1.29, 1.82) is 0 Å². The standard InChI is InChI=1S/C12H12ClN3O3/c1-7(12(17)18)14-6-10-15-11(16-19-10)8-3-2-4-9(13)5-8/h2-5,7,14H,6H2,1H3,(H,17,18)/t7-/m0/s1. The van der Waals surface area contributed by atoms with Gasteiger partial charge in [-0.1, -0.05) is 28.9 Å². The van der Waals surface area contributed by atoms with Gasteiger partial charge in [0, 0.05) is 10.6 Å². The Labute approximate surface area is 114 Å². The number of carboxylic acid groups (broad SMARTS) is 1. The maximum absolute atomic E-state index is 10.6. The van der Waals surface area contributed by atoms with Gasteiger partial charge in [0.25, 0.3) is 0 Å². The van der Waals surface area contributed by atoms with Crippen molar-refractivity contribution in [2.24, 2.45) is 0 Å². The average Bonchev–Trinajstić information content (AvgIpc) is 2.84. The smallest absolute Gasteiger partial charge is 0.320 e. The number of hydrogen-bond donors (Lipinski definition) is 2. The number of carbonyl (C=O) groups is 1. The summed E-state index contributed by atoms with van der Waals surface area (Å²) in [6.07, 6.45) is 0. The van der Waals surface area contributed by atoms with Crippen molar-refractivity contribution in [2.45, 2.75) is 19.5 Å². The summed E-state index contributed by atoms with van der Waals surface area (Å²) in [5, 5.41) is 15.9. The molecule has 0 saturated carbocycles. The number of rotatable bonds is 5. The van der Waals surface area contributed by atoms with E-state index in [9.17, 15) is 4.79 Å². The molecule has 0 radical (unpaired) electrons. The van der Waals surface area contributed by atoms with Gasteiger partial charge in [-0.15, -0.1) is 0 Å². The molecule has 2 N–H and O–H groups in total. The van der Waals surface area contributed by atoms with Crippen LogP contribution in [0.1, 0.15) is 12.8 Å². The summed E-state index contributed by atoms with van der Waals surface area (Å²) in [6.45, 7) is 1.73. The minimum atomic E-state index is -0.936. The van der Waals surface area contributed by atoms with Crippen molar-refractivity contribution in [3.05, 3.63) is 35.2 Å². The molecule has 0 unspecified atom stereocenters. The number of halogens is 1. The molecule has 6 nitrogen and oxygen atoms in total. The van der Waals surface area contributed by atoms with Gasteiger partial charge >= 0.3 is 5.97 Å². The molecule has 0 fully saturated rings. The number of hydrogen-bond acceptors (Lipinski definition) is 5. The first kappa shape index (κ1) is 13.5. The van der Waals surface area contributed by atoms with E-state index in [0.717, 1.165) is 5.56 Å². The second-order valence-corrected chi connectivity index (χ2v) is 4.40. The van der Waals surface area contributed by atoms with Crippen molar-refractivity contribution >= 4 is 17.6 Å². The predicted octanol–water partition coefficient (Wildman–Crippen LogP) is 1.95. The van der Waals surface area contributed by atoms with E-state index in [1.54, 1.807) is 18.2 Å². The normalized spacial score (nSPS) is 12.3. The molecule has 1 heterocycles. The number of aromatic nitrogens is 2. The Balaban J connectivity index is 2.05. The SMILES string of the molecule is C[C@H](NCc1nc(-c2cccc(Cl)c2)no1)C(=O)O.